The van der Waals surface area contributed by atoms with E-state index in [1.807, 2.05) is 24.3 Å². The molecule has 2 unspecified atom stereocenters. The van der Waals surface area contributed by atoms with Gasteiger partial charge in [0.2, 0.25) is 5.95 Å². The third-order valence-corrected chi connectivity index (χ3v) is 4.05. The lowest BCUT2D eigenvalue weighted by Gasteiger charge is -2.36. The fraction of sp³-hybridized carbons (Fsp3) is 0.467. The van der Waals surface area contributed by atoms with Crippen LogP contribution in [0.1, 0.15) is 13.3 Å². The highest BCUT2D eigenvalue weighted by Crippen LogP contribution is 2.22. The lowest BCUT2D eigenvalue weighted by atomic mass is 9.94. The average Bonchev–Trinajstić information content (AvgIpc) is 2.90. The van der Waals surface area contributed by atoms with E-state index in [-0.39, 0.29) is 6.09 Å². The number of aromatic amines is 1. The summed E-state index contributed by atoms with van der Waals surface area (Å²) in [6.45, 7) is 3.54. The Kier molecular flexibility index (Phi) is 3.68. The predicted molar refractivity (Wildman–Crippen MR) is 81.3 cm³/mol. The summed E-state index contributed by atoms with van der Waals surface area (Å²) in [7, 11) is 1.42. The van der Waals surface area contributed by atoms with Crippen LogP contribution >= 0.6 is 0 Å². The van der Waals surface area contributed by atoms with E-state index in [1.54, 1.807) is 4.90 Å². The second kappa shape index (κ2) is 5.63. The largest absolute Gasteiger partial charge is 0.453 e. The predicted octanol–water partition coefficient (Wildman–Crippen LogP) is 2.45. The summed E-state index contributed by atoms with van der Waals surface area (Å²) in [5.41, 5.74) is 1.99. The van der Waals surface area contributed by atoms with Crippen LogP contribution in [0.2, 0.25) is 0 Å². The van der Waals surface area contributed by atoms with E-state index < -0.39 is 0 Å². The number of amides is 1. The molecule has 21 heavy (non-hydrogen) atoms. The number of carbonyl (C=O) groups excluding carboxylic acids is 1. The smallest absolute Gasteiger partial charge is 0.409 e. The van der Waals surface area contributed by atoms with E-state index in [4.69, 9.17) is 4.74 Å². The molecule has 0 aliphatic carbocycles. The Morgan fingerprint density at radius 3 is 3.00 bits per heavy atom. The zero-order valence-corrected chi connectivity index (χ0v) is 12.3. The number of rotatable bonds is 2. The molecule has 1 amide bonds. The van der Waals surface area contributed by atoms with E-state index in [9.17, 15) is 4.79 Å². The summed E-state index contributed by atoms with van der Waals surface area (Å²) in [6, 6.07) is 8.26. The van der Waals surface area contributed by atoms with Gasteiger partial charge in [0.25, 0.3) is 0 Å². The van der Waals surface area contributed by atoms with Crippen molar-refractivity contribution in [3.05, 3.63) is 24.3 Å². The topological polar surface area (TPSA) is 70.2 Å². The first kappa shape index (κ1) is 13.7. The third kappa shape index (κ3) is 2.79. The summed E-state index contributed by atoms with van der Waals surface area (Å²) < 4.78 is 4.78. The summed E-state index contributed by atoms with van der Waals surface area (Å²) in [5, 5.41) is 3.45. The molecule has 2 atom stereocenters. The van der Waals surface area contributed by atoms with Crippen molar-refractivity contribution in [1.82, 2.24) is 14.9 Å². The van der Waals surface area contributed by atoms with E-state index in [1.165, 1.54) is 7.11 Å². The zero-order chi connectivity index (χ0) is 14.8. The Morgan fingerprint density at radius 1 is 1.48 bits per heavy atom. The van der Waals surface area contributed by atoms with Gasteiger partial charge in [-0.1, -0.05) is 19.1 Å². The monoisotopic (exact) mass is 288 g/mol. The fourth-order valence-electron chi connectivity index (χ4n) is 2.85. The molecule has 0 spiro atoms. The number of carbonyl (C=O) groups is 1. The molecule has 1 aliphatic rings. The highest BCUT2D eigenvalue weighted by molar-refractivity contribution is 5.77. The molecule has 6 heteroatoms. The van der Waals surface area contributed by atoms with Crippen LogP contribution in [0.3, 0.4) is 0 Å². The number of likely N-dealkylation sites (tertiary alicyclic amines) is 1. The number of piperidine rings is 1. The highest BCUT2D eigenvalue weighted by atomic mass is 16.5. The van der Waals surface area contributed by atoms with Crippen LogP contribution in [-0.2, 0) is 4.74 Å². The van der Waals surface area contributed by atoms with Crippen molar-refractivity contribution >= 4 is 23.1 Å². The van der Waals surface area contributed by atoms with Gasteiger partial charge in [0, 0.05) is 19.1 Å². The van der Waals surface area contributed by atoms with Crippen molar-refractivity contribution in [3.8, 4) is 0 Å². The molecule has 1 saturated heterocycles. The van der Waals surface area contributed by atoms with Gasteiger partial charge in [0.1, 0.15) is 0 Å². The summed E-state index contributed by atoms with van der Waals surface area (Å²) in [6.07, 6.45) is 0.636. The molecule has 0 bridgehead atoms. The molecule has 1 aromatic heterocycles. The molecule has 1 fully saturated rings. The van der Waals surface area contributed by atoms with Gasteiger partial charge < -0.3 is 19.9 Å². The number of benzene rings is 1. The normalized spacial score (nSPS) is 22.3. The van der Waals surface area contributed by atoms with Crippen LogP contribution in [-0.4, -0.2) is 47.2 Å². The maximum atomic E-state index is 11.6. The fourth-order valence-corrected chi connectivity index (χ4v) is 2.85. The lowest BCUT2D eigenvalue weighted by molar-refractivity contribution is 0.101. The molecule has 6 nitrogen and oxygen atoms in total. The van der Waals surface area contributed by atoms with Crippen LogP contribution in [0.15, 0.2) is 24.3 Å². The second-order valence-electron chi connectivity index (χ2n) is 5.54. The number of nitrogens with one attached hydrogen (secondary N) is 2. The van der Waals surface area contributed by atoms with Gasteiger partial charge in [-0.05, 0) is 24.5 Å². The summed E-state index contributed by atoms with van der Waals surface area (Å²) in [5.74, 6) is 1.13. The number of methoxy groups -OCH3 is 1. The molecular weight excluding hydrogens is 268 g/mol. The minimum atomic E-state index is -0.246. The van der Waals surface area contributed by atoms with Crippen LogP contribution in [0.5, 0.6) is 0 Å². The number of para-hydroxylation sites is 2. The zero-order valence-electron chi connectivity index (χ0n) is 12.3. The van der Waals surface area contributed by atoms with Crippen molar-refractivity contribution in [2.75, 3.05) is 25.5 Å². The number of nitrogens with zero attached hydrogens (tertiary/aromatic N) is 2. The Morgan fingerprint density at radius 2 is 2.29 bits per heavy atom. The number of aromatic nitrogens is 2. The first-order valence-electron chi connectivity index (χ1n) is 7.21. The highest BCUT2D eigenvalue weighted by Gasteiger charge is 2.29. The number of hydrogen-bond acceptors (Lipinski definition) is 4. The molecule has 0 saturated carbocycles. The van der Waals surface area contributed by atoms with Gasteiger partial charge in [-0.15, -0.1) is 0 Å². The molecule has 112 valence electrons. The minimum Gasteiger partial charge on any atom is -0.453 e. The van der Waals surface area contributed by atoms with Gasteiger partial charge in [0.05, 0.1) is 18.1 Å². The third-order valence-electron chi connectivity index (χ3n) is 4.05. The van der Waals surface area contributed by atoms with Crippen LogP contribution in [0.4, 0.5) is 10.7 Å². The Labute approximate surface area is 123 Å². The molecule has 0 radical (unpaired) electrons. The van der Waals surface area contributed by atoms with Crippen molar-refractivity contribution in [3.63, 3.8) is 0 Å². The second-order valence-corrected chi connectivity index (χ2v) is 5.54. The number of fused-ring (bicyclic) bond motifs is 1. The van der Waals surface area contributed by atoms with E-state index in [2.05, 4.69) is 22.2 Å². The summed E-state index contributed by atoms with van der Waals surface area (Å²) in [4.78, 5) is 21.1. The van der Waals surface area contributed by atoms with E-state index >= 15 is 0 Å². The maximum Gasteiger partial charge on any atom is 0.409 e. The van der Waals surface area contributed by atoms with Gasteiger partial charge >= 0.3 is 6.09 Å². The van der Waals surface area contributed by atoms with Crippen molar-refractivity contribution in [1.29, 1.82) is 0 Å². The number of ether oxygens (including phenoxy) is 1. The maximum absolute atomic E-state index is 11.6. The number of hydrogen-bond donors (Lipinski definition) is 2. The van der Waals surface area contributed by atoms with Gasteiger partial charge in [0.15, 0.2) is 0 Å². The molecule has 1 aliphatic heterocycles. The quantitative estimate of drug-likeness (QED) is 0.890. The van der Waals surface area contributed by atoms with E-state index in [0.29, 0.717) is 25.0 Å². The van der Waals surface area contributed by atoms with E-state index in [0.717, 1.165) is 23.4 Å². The molecule has 2 N–H and O–H groups in total. The first-order valence-corrected chi connectivity index (χ1v) is 7.21. The van der Waals surface area contributed by atoms with Crippen molar-refractivity contribution in [2.24, 2.45) is 5.92 Å². The van der Waals surface area contributed by atoms with Crippen LogP contribution < -0.4 is 5.32 Å². The van der Waals surface area contributed by atoms with Crippen LogP contribution in [0.25, 0.3) is 11.0 Å². The number of H-pyrrole nitrogens is 1. The van der Waals surface area contributed by atoms with Crippen molar-refractivity contribution in [2.45, 2.75) is 19.4 Å². The first-order chi connectivity index (χ1) is 10.2. The Hall–Kier alpha value is -2.24. The van der Waals surface area contributed by atoms with Gasteiger partial charge in [-0.3, -0.25) is 0 Å². The average molecular weight is 288 g/mol. The van der Waals surface area contributed by atoms with Crippen LogP contribution in [0, 0.1) is 5.92 Å². The Bertz CT molecular complexity index is 606. The number of imidazole rings is 1. The molecular formula is C15H20N4O2. The summed E-state index contributed by atoms with van der Waals surface area (Å²) >= 11 is 0. The molecule has 2 heterocycles. The molecule has 3 rings (SSSR count). The minimum absolute atomic E-state index is 0.246. The Balaban J connectivity index is 1.67. The standard InChI is InChI=1S/C15H20N4O2/c1-10-9-19(15(20)21-2)8-7-11(10)16-14-17-12-5-3-4-6-13(12)18-14/h3-6,10-11H,7-9H2,1-2H3,(H2,16,17,18). The molecule has 2 aromatic rings. The van der Waals surface area contributed by atoms with Gasteiger partial charge in [-0.2, -0.15) is 0 Å². The SMILES string of the molecule is COC(=O)N1CCC(Nc2nc3ccccc3[nH]2)C(C)C1. The van der Waals surface area contributed by atoms with Gasteiger partial charge in [-0.25, -0.2) is 9.78 Å². The van der Waals surface area contributed by atoms with Crippen molar-refractivity contribution < 1.29 is 9.53 Å². The molecule has 1 aromatic carbocycles. The lowest BCUT2D eigenvalue weighted by Crippen LogP contribution is -2.47. The number of anilines is 1.